The van der Waals surface area contributed by atoms with Crippen LogP contribution in [-0.2, 0) is 4.79 Å². The van der Waals surface area contributed by atoms with Crippen LogP contribution in [0.3, 0.4) is 0 Å². The third-order valence-electron chi connectivity index (χ3n) is 1.85. The van der Waals surface area contributed by atoms with E-state index in [-0.39, 0.29) is 12.5 Å². The van der Waals surface area contributed by atoms with Crippen molar-refractivity contribution in [3.8, 4) is 0 Å². The smallest absolute Gasteiger partial charge is 0.339 e. The van der Waals surface area contributed by atoms with Crippen molar-refractivity contribution in [2.45, 2.75) is 24.5 Å². The number of aliphatic hydroxyl groups is 1. The van der Waals surface area contributed by atoms with Gasteiger partial charge in [0.2, 0.25) is 0 Å². The highest BCUT2D eigenvalue weighted by Crippen LogP contribution is 2.21. The van der Waals surface area contributed by atoms with Crippen LogP contribution in [0, 0.1) is 0 Å². The normalized spacial score (nSPS) is 37.1. The van der Waals surface area contributed by atoms with Gasteiger partial charge >= 0.3 is 5.97 Å². The molecular weight excluding hydrogens is 146 g/mol. The summed E-state index contributed by atoms with van der Waals surface area (Å²) >= 11 is 0. The van der Waals surface area contributed by atoms with E-state index in [2.05, 4.69) is 0 Å². The average molecular weight is 157 g/mol. The van der Waals surface area contributed by atoms with E-state index in [1.54, 1.807) is 0 Å². The van der Waals surface area contributed by atoms with Gasteiger partial charge in [-0.15, -0.1) is 0 Å². The third kappa shape index (κ3) is 1.58. The maximum absolute atomic E-state index is 10.4. The molecule has 0 fully saturated rings. The summed E-state index contributed by atoms with van der Waals surface area (Å²) < 4.78 is 0. The Morgan fingerprint density at radius 2 is 2.36 bits per heavy atom. The van der Waals surface area contributed by atoms with E-state index in [4.69, 9.17) is 10.8 Å². The first-order valence-corrected chi connectivity index (χ1v) is 3.45. The fourth-order valence-corrected chi connectivity index (χ4v) is 1.03. The van der Waals surface area contributed by atoms with E-state index in [0.29, 0.717) is 6.42 Å². The second-order valence-electron chi connectivity index (χ2n) is 2.79. The Bertz CT molecular complexity index is 202. The monoisotopic (exact) mass is 157 g/mol. The second-order valence-corrected chi connectivity index (χ2v) is 2.79. The van der Waals surface area contributed by atoms with Crippen molar-refractivity contribution >= 4 is 5.97 Å². The number of carboxylic acids is 1. The zero-order valence-electron chi connectivity index (χ0n) is 6.03. The van der Waals surface area contributed by atoms with Crippen LogP contribution in [-0.4, -0.2) is 27.8 Å². The van der Waals surface area contributed by atoms with Crippen LogP contribution < -0.4 is 5.73 Å². The van der Waals surface area contributed by atoms with Crippen molar-refractivity contribution in [1.82, 2.24) is 0 Å². The zero-order valence-corrected chi connectivity index (χ0v) is 6.03. The molecule has 0 bridgehead atoms. The molecular formula is C7H11NO3. The van der Waals surface area contributed by atoms with E-state index in [1.165, 1.54) is 12.2 Å². The summed E-state index contributed by atoms with van der Waals surface area (Å²) in [5.41, 5.74) is 3.78. The lowest BCUT2D eigenvalue weighted by atomic mass is 9.89. The van der Waals surface area contributed by atoms with E-state index in [1.807, 2.05) is 0 Å². The van der Waals surface area contributed by atoms with E-state index in [9.17, 15) is 9.90 Å². The molecule has 0 aromatic heterocycles. The van der Waals surface area contributed by atoms with Gasteiger partial charge in [0, 0.05) is 6.04 Å². The molecule has 0 aliphatic heterocycles. The van der Waals surface area contributed by atoms with Crippen molar-refractivity contribution in [3.63, 3.8) is 0 Å². The van der Waals surface area contributed by atoms with Crippen molar-refractivity contribution in [2.24, 2.45) is 5.73 Å². The Balaban J connectivity index is 2.76. The summed E-state index contributed by atoms with van der Waals surface area (Å²) in [6, 6.07) is -0.116. The second kappa shape index (κ2) is 2.64. The Kier molecular flexibility index (Phi) is 1.97. The molecule has 0 aromatic rings. The third-order valence-corrected chi connectivity index (χ3v) is 1.85. The Morgan fingerprint density at radius 1 is 1.73 bits per heavy atom. The zero-order chi connectivity index (χ0) is 8.48. The Morgan fingerprint density at radius 3 is 2.73 bits per heavy atom. The molecule has 0 spiro atoms. The minimum Gasteiger partial charge on any atom is -0.479 e. The molecule has 4 N–H and O–H groups in total. The number of carboxylic acid groups (broad SMARTS) is 1. The molecule has 1 aliphatic rings. The van der Waals surface area contributed by atoms with E-state index >= 15 is 0 Å². The largest absolute Gasteiger partial charge is 0.479 e. The number of carbonyl (C=O) groups is 1. The van der Waals surface area contributed by atoms with Gasteiger partial charge in [-0.1, -0.05) is 6.08 Å². The molecule has 1 aliphatic carbocycles. The van der Waals surface area contributed by atoms with Crippen LogP contribution in [0.4, 0.5) is 0 Å². The fraction of sp³-hybridized carbons (Fsp3) is 0.571. The lowest BCUT2D eigenvalue weighted by molar-refractivity contribution is -0.154. The predicted molar refractivity (Wildman–Crippen MR) is 38.9 cm³/mol. The van der Waals surface area contributed by atoms with Gasteiger partial charge in [0.1, 0.15) is 0 Å². The molecule has 0 radical (unpaired) electrons. The van der Waals surface area contributed by atoms with Gasteiger partial charge in [0.15, 0.2) is 5.60 Å². The maximum Gasteiger partial charge on any atom is 0.339 e. The lowest BCUT2D eigenvalue weighted by Gasteiger charge is -2.24. The standard InChI is InChI=1S/C7H11NO3/c8-5-1-3-7(11,4-2-5)6(9)10/h1,3,5,11H,2,4,8H2,(H,9,10)/t5-,7+/m0/s1. The number of hydrogen-bond donors (Lipinski definition) is 3. The summed E-state index contributed by atoms with van der Waals surface area (Å²) in [7, 11) is 0. The fourth-order valence-electron chi connectivity index (χ4n) is 1.03. The molecule has 0 heterocycles. The van der Waals surface area contributed by atoms with Gasteiger partial charge in [-0.3, -0.25) is 0 Å². The van der Waals surface area contributed by atoms with Crippen LogP contribution >= 0.6 is 0 Å². The van der Waals surface area contributed by atoms with Gasteiger partial charge in [0.25, 0.3) is 0 Å². The number of hydrogen-bond acceptors (Lipinski definition) is 3. The van der Waals surface area contributed by atoms with Gasteiger partial charge in [0.05, 0.1) is 0 Å². The lowest BCUT2D eigenvalue weighted by Crippen LogP contribution is -2.41. The average Bonchev–Trinajstić information content (AvgIpc) is 1.95. The van der Waals surface area contributed by atoms with Gasteiger partial charge in [-0.2, -0.15) is 0 Å². The summed E-state index contributed by atoms with van der Waals surface area (Å²) in [5, 5.41) is 17.9. The molecule has 62 valence electrons. The number of nitrogens with two attached hydrogens (primary N) is 1. The Hall–Kier alpha value is -0.870. The molecule has 4 heteroatoms. The molecule has 0 unspecified atom stereocenters. The van der Waals surface area contributed by atoms with Gasteiger partial charge in [-0.05, 0) is 18.9 Å². The molecule has 1 rings (SSSR count). The molecule has 0 saturated heterocycles. The summed E-state index contributed by atoms with van der Waals surface area (Å²) in [6.07, 6.45) is 3.49. The summed E-state index contributed by atoms with van der Waals surface area (Å²) in [6.45, 7) is 0. The molecule has 11 heavy (non-hydrogen) atoms. The quantitative estimate of drug-likeness (QED) is 0.447. The highest BCUT2D eigenvalue weighted by molar-refractivity contribution is 5.79. The topological polar surface area (TPSA) is 83.5 Å². The van der Waals surface area contributed by atoms with Crippen LogP contribution in [0.25, 0.3) is 0 Å². The molecule has 0 aromatic carbocycles. The first-order valence-electron chi connectivity index (χ1n) is 3.45. The number of rotatable bonds is 1. The molecule has 0 saturated carbocycles. The molecule has 4 nitrogen and oxygen atoms in total. The molecule has 0 amide bonds. The summed E-state index contributed by atoms with van der Waals surface area (Å²) in [4.78, 5) is 10.4. The first kappa shape index (κ1) is 8.23. The maximum atomic E-state index is 10.4. The predicted octanol–water partition coefficient (Wildman–Crippen LogP) is -0.521. The SMILES string of the molecule is N[C@H]1C=C[C@](O)(C(=O)O)CC1. The van der Waals surface area contributed by atoms with Gasteiger partial charge in [-0.25, -0.2) is 4.79 Å². The van der Waals surface area contributed by atoms with E-state index < -0.39 is 11.6 Å². The van der Waals surface area contributed by atoms with Crippen LogP contribution in [0.1, 0.15) is 12.8 Å². The first-order chi connectivity index (χ1) is 5.04. The minimum atomic E-state index is -1.68. The Labute approximate surface area is 64.3 Å². The van der Waals surface area contributed by atoms with Crippen LogP contribution in [0.5, 0.6) is 0 Å². The van der Waals surface area contributed by atoms with Gasteiger partial charge < -0.3 is 15.9 Å². The molecule has 2 atom stereocenters. The van der Waals surface area contributed by atoms with Crippen molar-refractivity contribution in [3.05, 3.63) is 12.2 Å². The van der Waals surface area contributed by atoms with Crippen LogP contribution in [0.15, 0.2) is 12.2 Å². The van der Waals surface area contributed by atoms with Crippen molar-refractivity contribution in [1.29, 1.82) is 0 Å². The number of aliphatic carboxylic acids is 1. The minimum absolute atomic E-state index is 0.116. The van der Waals surface area contributed by atoms with Crippen molar-refractivity contribution in [2.75, 3.05) is 0 Å². The van der Waals surface area contributed by atoms with E-state index in [0.717, 1.165) is 0 Å². The highest BCUT2D eigenvalue weighted by Gasteiger charge is 2.35. The van der Waals surface area contributed by atoms with Crippen LogP contribution in [0.2, 0.25) is 0 Å². The highest BCUT2D eigenvalue weighted by atomic mass is 16.4. The summed E-state index contributed by atoms with van der Waals surface area (Å²) in [5.74, 6) is -1.21. The van der Waals surface area contributed by atoms with Crippen molar-refractivity contribution < 1.29 is 15.0 Å².